The van der Waals surface area contributed by atoms with Crippen molar-refractivity contribution in [2.45, 2.75) is 46.1 Å². The summed E-state index contributed by atoms with van der Waals surface area (Å²) in [6.45, 7) is 6.45. The number of aryl methyl sites for hydroxylation is 1. The van der Waals surface area contributed by atoms with Crippen LogP contribution in [0.2, 0.25) is 0 Å². The van der Waals surface area contributed by atoms with Crippen LogP contribution in [-0.4, -0.2) is 34.7 Å². The van der Waals surface area contributed by atoms with E-state index in [-0.39, 0.29) is 11.6 Å². The lowest BCUT2D eigenvalue weighted by Crippen LogP contribution is -2.26. The number of aromatic nitrogens is 7. The van der Waals surface area contributed by atoms with Crippen molar-refractivity contribution in [2.75, 3.05) is 0 Å². The fraction of sp³-hybridized carbons (Fsp3) is 0.250. The van der Waals surface area contributed by atoms with Crippen LogP contribution in [0.5, 0.6) is 0 Å². The fourth-order valence-corrected chi connectivity index (χ4v) is 4.61. The minimum atomic E-state index is -0.398. The summed E-state index contributed by atoms with van der Waals surface area (Å²) in [5.74, 6) is 0.149. The second kappa shape index (κ2) is 10.3. The molecule has 0 unspecified atom stereocenters. The van der Waals surface area contributed by atoms with Gasteiger partial charge < -0.3 is 0 Å². The van der Waals surface area contributed by atoms with E-state index in [4.69, 9.17) is 0 Å². The van der Waals surface area contributed by atoms with Crippen molar-refractivity contribution < 1.29 is 4.39 Å². The standard InChI is InChI=1S/C28H28FN7O/c1-4-7-21-17-36(26-22(18(2)3)8-5-10-24(26)29)28(37)35(21)16-19-11-13-20(14-12-19)25-23(9-6-15-30-25)27-31-33-34-32-27/h5-6,8-15,17-18H,4,7,16H2,1-3H3,(H,31,32,33,34). The topological polar surface area (TPSA) is 94.3 Å². The lowest BCUT2D eigenvalue weighted by Gasteiger charge is -2.13. The normalized spacial score (nSPS) is 11.4. The number of imidazole rings is 1. The molecule has 0 fully saturated rings. The molecule has 0 atom stereocenters. The number of para-hydroxylation sites is 1. The van der Waals surface area contributed by atoms with Gasteiger partial charge in [0.2, 0.25) is 5.82 Å². The van der Waals surface area contributed by atoms with Gasteiger partial charge in [0.25, 0.3) is 0 Å². The lowest BCUT2D eigenvalue weighted by atomic mass is 10.0. The number of nitrogens with one attached hydrogen (secondary N) is 1. The summed E-state index contributed by atoms with van der Waals surface area (Å²) < 4.78 is 18.2. The molecule has 3 heterocycles. The van der Waals surface area contributed by atoms with Gasteiger partial charge in [0.1, 0.15) is 5.82 Å². The molecule has 1 N–H and O–H groups in total. The van der Waals surface area contributed by atoms with Crippen molar-refractivity contribution in [3.8, 4) is 28.3 Å². The molecule has 0 radical (unpaired) electrons. The van der Waals surface area contributed by atoms with E-state index in [1.807, 2.05) is 56.3 Å². The molecule has 37 heavy (non-hydrogen) atoms. The molecule has 0 aliphatic carbocycles. The van der Waals surface area contributed by atoms with E-state index in [1.165, 1.54) is 10.6 Å². The number of rotatable bonds is 8. The smallest absolute Gasteiger partial charge is 0.292 e. The Morgan fingerprint density at radius 1 is 1.05 bits per heavy atom. The van der Waals surface area contributed by atoms with Crippen LogP contribution in [0.4, 0.5) is 4.39 Å². The molecule has 2 aromatic carbocycles. The minimum Gasteiger partial charge on any atom is -0.292 e. The molecule has 0 saturated carbocycles. The molecule has 0 spiro atoms. The number of hydrogen-bond acceptors (Lipinski definition) is 5. The fourth-order valence-electron chi connectivity index (χ4n) is 4.61. The molecular formula is C28H28FN7O. The summed E-state index contributed by atoms with van der Waals surface area (Å²) >= 11 is 0. The Bertz CT molecular complexity index is 1570. The highest BCUT2D eigenvalue weighted by Gasteiger charge is 2.19. The zero-order valence-electron chi connectivity index (χ0n) is 21.0. The largest absolute Gasteiger partial charge is 0.333 e. The maximum atomic E-state index is 15.0. The van der Waals surface area contributed by atoms with Crippen molar-refractivity contribution in [3.05, 3.63) is 100 Å². The number of nitrogens with zero attached hydrogens (tertiary/aromatic N) is 6. The molecule has 0 aliphatic rings. The van der Waals surface area contributed by atoms with Gasteiger partial charge in [0.15, 0.2) is 0 Å². The highest BCUT2D eigenvalue weighted by molar-refractivity contribution is 5.76. The van der Waals surface area contributed by atoms with Gasteiger partial charge in [0, 0.05) is 29.2 Å². The molecule has 188 valence electrons. The first kappa shape index (κ1) is 24.3. The van der Waals surface area contributed by atoms with Crippen LogP contribution in [-0.2, 0) is 13.0 Å². The quantitative estimate of drug-likeness (QED) is 0.320. The van der Waals surface area contributed by atoms with E-state index in [9.17, 15) is 9.18 Å². The first-order valence-corrected chi connectivity index (χ1v) is 12.4. The summed E-state index contributed by atoms with van der Waals surface area (Å²) in [7, 11) is 0. The van der Waals surface area contributed by atoms with Gasteiger partial charge in [-0.1, -0.05) is 63.6 Å². The van der Waals surface area contributed by atoms with Crippen molar-refractivity contribution in [2.24, 2.45) is 0 Å². The monoisotopic (exact) mass is 497 g/mol. The second-order valence-electron chi connectivity index (χ2n) is 9.27. The summed E-state index contributed by atoms with van der Waals surface area (Å²) in [5, 5.41) is 14.3. The van der Waals surface area contributed by atoms with Gasteiger partial charge >= 0.3 is 5.69 Å². The summed E-state index contributed by atoms with van der Waals surface area (Å²) in [6, 6.07) is 16.6. The molecule has 3 aromatic heterocycles. The predicted octanol–water partition coefficient (Wildman–Crippen LogP) is 5.14. The molecule has 5 rings (SSSR count). The van der Waals surface area contributed by atoms with Crippen molar-refractivity contribution in [1.82, 2.24) is 34.7 Å². The van der Waals surface area contributed by atoms with Crippen LogP contribution < -0.4 is 5.69 Å². The van der Waals surface area contributed by atoms with Crippen LogP contribution >= 0.6 is 0 Å². The van der Waals surface area contributed by atoms with E-state index in [1.54, 1.807) is 23.0 Å². The molecule has 0 saturated heterocycles. The number of aromatic amines is 1. The predicted molar refractivity (Wildman–Crippen MR) is 140 cm³/mol. The number of hydrogen-bond donors (Lipinski definition) is 1. The Morgan fingerprint density at radius 2 is 1.86 bits per heavy atom. The van der Waals surface area contributed by atoms with E-state index < -0.39 is 5.82 Å². The van der Waals surface area contributed by atoms with Crippen molar-refractivity contribution >= 4 is 0 Å². The van der Waals surface area contributed by atoms with Gasteiger partial charge in [-0.3, -0.25) is 14.1 Å². The lowest BCUT2D eigenvalue weighted by molar-refractivity contribution is 0.607. The van der Waals surface area contributed by atoms with Crippen LogP contribution in [0, 0.1) is 5.82 Å². The summed E-state index contributed by atoms with van der Waals surface area (Å²) in [4.78, 5) is 18.1. The first-order chi connectivity index (χ1) is 18.0. The van der Waals surface area contributed by atoms with Gasteiger partial charge in [-0.2, -0.15) is 5.21 Å². The van der Waals surface area contributed by atoms with Gasteiger partial charge in [-0.05, 0) is 46.9 Å². The van der Waals surface area contributed by atoms with Crippen molar-refractivity contribution in [1.29, 1.82) is 0 Å². The maximum absolute atomic E-state index is 15.0. The Kier molecular flexibility index (Phi) is 6.76. The Balaban J connectivity index is 1.51. The number of pyridine rings is 1. The number of halogens is 1. The first-order valence-electron chi connectivity index (χ1n) is 12.4. The third-order valence-corrected chi connectivity index (χ3v) is 6.41. The SMILES string of the molecule is CCCc1cn(-c2c(F)cccc2C(C)C)c(=O)n1Cc1ccc(-c2ncccc2-c2nn[nH]n2)cc1. The van der Waals surface area contributed by atoms with E-state index in [0.29, 0.717) is 24.5 Å². The maximum Gasteiger partial charge on any atom is 0.333 e. The second-order valence-corrected chi connectivity index (χ2v) is 9.27. The van der Waals surface area contributed by atoms with E-state index in [2.05, 4.69) is 32.5 Å². The molecule has 9 heteroatoms. The minimum absolute atomic E-state index is 0.0760. The van der Waals surface area contributed by atoms with Gasteiger partial charge in [-0.15, -0.1) is 10.2 Å². The van der Waals surface area contributed by atoms with Gasteiger partial charge in [-0.25, -0.2) is 9.18 Å². The Hall–Kier alpha value is -4.40. The van der Waals surface area contributed by atoms with Gasteiger partial charge in [0.05, 0.1) is 17.9 Å². The molecular weight excluding hydrogens is 469 g/mol. The van der Waals surface area contributed by atoms with Crippen LogP contribution in [0.15, 0.2) is 71.8 Å². The summed E-state index contributed by atoms with van der Waals surface area (Å²) in [6.07, 6.45) is 5.10. The number of tetrazole rings is 1. The Morgan fingerprint density at radius 3 is 2.57 bits per heavy atom. The third kappa shape index (κ3) is 4.72. The number of H-pyrrole nitrogens is 1. The zero-order valence-corrected chi connectivity index (χ0v) is 21.0. The molecule has 5 aromatic rings. The zero-order chi connectivity index (χ0) is 25.9. The average Bonchev–Trinajstić information content (AvgIpc) is 3.54. The highest BCUT2D eigenvalue weighted by atomic mass is 19.1. The number of benzene rings is 2. The Labute approximate surface area is 213 Å². The third-order valence-electron chi connectivity index (χ3n) is 6.41. The molecule has 0 amide bonds. The van der Waals surface area contributed by atoms with E-state index in [0.717, 1.165) is 40.1 Å². The van der Waals surface area contributed by atoms with Crippen molar-refractivity contribution in [3.63, 3.8) is 0 Å². The highest BCUT2D eigenvalue weighted by Crippen LogP contribution is 2.28. The average molecular weight is 498 g/mol. The van der Waals surface area contributed by atoms with Crippen LogP contribution in [0.1, 0.15) is 49.9 Å². The van der Waals surface area contributed by atoms with Crippen LogP contribution in [0.25, 0.3) is 28.3 Å². The van der Waals surface area contributed by atoms with Crippen LogP contribution in [0.3, 0.4) is 0 Å². The summed E-state index contributed by atoms with van der Waals surface area (Å²) in [5.41, 5.74) is 5.13. The molecule has 8 nitrogen and oxygen atoms in total. The molecule has 0 bridgehead atoms. The molecule has 0 aliphatic heterocycles. The van der Waals surface area contributed by atoms with E-state index >= 15 is 0 Å².